The largest absolute Gasteiger partial charge is 0.454 e. The van der Waals surface area contributed by atoms with Crippen molar-refractivity contribution in [2.75, 3.05) is 13.1 Å². The van der Waals surface area contributed by atoms with Gasteiger partial charge in [-0.1, -0.05) is 73.2 Å². The number of ether oxygens (including phenoxy) is 1. The van der Waals surface area contributed by atoms with Crippen LogP contribution in [0.2, 0.25) is 0 Å². The molecule has 0 saturated heterocycles. The molecule has 0 spiro atoms. The lowest BCUT2D eigenvalue weighted by Gasteiger charge is -2.24. The Morgan fingerprint density at radius 2 is 1.95 bits per heavy atom. The van der Waals surface area contributed by atoms with Gasteiger partial charge in [0, 0.05) is 26.6 Å². The Balaban J connectivity index is 1.28. The molecule has 3 atom stereocenters. The van der Waals surface area contributed by atoms with Crippen molar-refractivity contribution in [2.24, 2.45) is 18.4 Å². The number of hydrogen-bond donors (Lipinski definition) is 1. The van der Waals surface area contributed by atoms with E-state index in [0.717, 1.165) is 55.7 Å². The Bertz CT molecular complexity index is 1370. The zero-order valence-electron chi connectivity index (χ0n) is 24.6. The Hall–Kier alpha value is -3.95. The molecule has 1 aromatic heterocycles. The minimum Gasteiger partial charge on any atom is -0.454 e. The fourth-order valence-electron chi connectivity index (χ4n) is 5.17. The van der Waals surface area contributed by atoms with Crippen LogP contribution in [0.25, 0.3) is 0 Å². The minimum absolute atomic E-state index is 0.176. The van der Waals surface area contributed by atoms with Crippen LogP contribution in [0.1, 0.15) is 63.9 Å². The van der Waals surface area contributed by atoms with Crippen LogP contribution >= 0.6 is 0 Å². The van der Waals surface area contributed by atoms with E-state index in [1.165, 1.54) is 11.1 Å². The molecule has 0 saturated carbocycles. The van der Waals surface area contributed by atoms with Crippen LogP contribution in [0, 0.1) is 22.7 Å². The van der Waals surface area contributed by atoms with Crippen molar-refractivity contribution in [3.8, 4) is 11.8 Å². The summed E-state index contributed by atoms with van der Waals surface area (Å²) in [4.78, 5) is 13.5. The Morgan fingerprint density at radius 3 is 2.66 bits per heavy atom. The molecule has 0 aliphatic heterocycles. The van der Waals surface area contributed by atoms with Crippen LogP contribution in [0.15, 0.2) is 102 Å². The maximum Gasteiger partial charge on any atom is 0.165 e. The third-order valence-electron chi connectivity index (χ3n) is 7.81. The standard InChI is InChI=1S/C35H42N4O2/c1-27(29-18-20-35(2,26-36)21-19-29)22-37-24-33(30-12-5-4-6-13-30)34(40)15-9-11-28-10-7-8-14-31(17-16-28)41-32-23-38-39(3)25-32/h4-6,10,12-14,16-20,23,25,27,33,37H,7-9,11,15,21-22,24H2,1-3H3/b17-16-,28-10-,31-14-/t27-,33+,35?/m1/s1. The lowest BCUT2D eigenvalue weighted by molar-refractivity contribution is -0.120. The lowest BCUT2D eigenvalue weighted by atomic mass is 9.81. The van der Waals surface area contributed by atoms with Gasteiger partial charge in [-0.05, 0) is 68.2 Å². The van der Waals surface area contributed by atoms with E-state index in [-0.39, 0.29) is 11.7 Å². The summed E-state index contributed by atoms with van der Waals surface area (Å²) < 4.78 is 7.70. The van der Waals surface area contributed by atoms with Gasteiger partial charge in [-0.15, -0.1) is 0 Å². The molecule has 2 aliphatic carbocycles. The number of aryl methyl sites for hydroxylation is 1. The van der Waals surface area contributed by atoms with E-state index in [1.54, 1.807) is 10.9 Å². The predicted molar refractivity (Wildman–Crippen MR) is 164 cm³/mol. The Labute approximate surface area is 244 Å². The van der Waals surface area contributed by atoms with Crippen LogP contribution in [-0.2, 0) is 11.8 Å². The highest BCUT2D eigenvalue weighted by atomic mass is 16.5. The average Bonchev–Trinajstić information content (AvgIpc) is 3.39. The average molecular weight is 551 g/mol. The van der Waals surface area contributed by atoms with Gasteiger partial charge in [0.2, 0.25) is 0 Å². The van der Waals surface area contributed by atoms with E-state index >= 15 is 0 Å². The number of carbonyl (C=O) groups excluding carboxylic acids is 1. The predicted octanol–water partition coefficient (Wildman–Crippen LogP) is 7.12. The molecule has 1 aromatic carbocycles. The van der Waals surface area contributed by atoms with E-state index in [2.05, 4.69) is 65.9 Å². The molecule has 4 rings (SSSR count). The van der Waals surface area contributed by atoms with Crippen LogP contribution in [0.4, 0.5) is 0 Å². The van der Waals surface area contributed by atoms with Crippen molar-refractivity contribution in [3.63, 3.8) is 0 Å². The molecule has 2 aromatic rings. The number of allylic oxidation sites excluding steroid dienone is 8. The van der Waals surface area contributed by atoms with Gasteiger partial charge >= 0.3 is 0 Å². The van der Waals surface area contributed by atoms with Gasteiger partial charge in [0.1, 0.15) is 11.5 Å². The number of nitrogens with zero attached hydrogens (tertiary/aromatic N) is 3. The number of nitrogens with one attached hydrogen (secondary N) is 1. The summed E-state index contributed by atoms with van der Waals surface area (Å²) in [6.45, 7) is 5.55. The summed E-state index contributed by atoms with van der Waals surface area (Å²) in [5, 5.41) is 17.1. The van der Waals surface area contributed by atoms with E-state index < -0.39 is 5.41 Å². The van der Waals surface area contributed by atoms with Crippen molar-refractivity contribution in [1.29, 1.82) is 5.26 Å². The topological polar surface area (TPSA) is 79.9 Å². The second kappa shape index (κ2) is 14.6. The lowest BCUT2D eigenvalue weighted by Crippen LogP contribution is -2.31. The first-order chi connectivity index (χ1) is 19.8. The first-order valence-corrected chi connectivity index (χ1v) is 14.7. The Morgan fingerprint density at radius 1 is 1.15 bits per heavy atom. The number of hydrogen-bond acceptors (Lipinski definition) is 5. The SMILES string of the molecule is C[C@H](CNC[C@H](C(=O)CCCC1=C/CC/C=C(Oc2cnn(C)c2)/C=C\1)c1ccccc1)C1=CCC(C)(C#N)C=C1. The zero-order chi connectivity index (χ0) is 29.1. The van der Waals surface area contributed by atoms with Crippen LogP contribution in [0.5, 0.6) is 5.75 Å². The maximum absolute atomic E-state index is 13.5. The molecule has 0 radical (unpaired) electrons. The van der Waals surface area contributed by atoms with Gasteiger partial charge in [-0.3, -0.25) is 9.48 Å². The first-order valence-electron chi connectivity index (χ1n) is 14.7. The molecule has 214 valence electrons. The quantitative estimate of drug-likeness (QED) is 0.287. The molecule has 6 nitrogen and oxygen atoms in total. The van der Waals surface area contributed by atoms with Gasteiger partial charge in [-0.2, -0.15) is 10.4 Å². The molecular formula is C35H42N4O2. The third-order valence-corrected chi connectivity index (χ3v) is 7.81. The number of rotatable bonds is 13. The van der Waals surface area contributed by atoms with Crippen molar-refractivity contribution in [1.82, 2.24) is 15.1 Å². The van der Waals surface area contributed by atoms with Crippen molar-refractivity contribution >= 4 is 5.78 Å². The molecule has 41 heavy (non-hydrogen) atoms. The van der Waals surface area contributed by atoms with E-state index in [0.29, 0.717) is 18.9 Å². The second-order valence-corrected chi connectivity index (χ2v) is 11.4. The highest BCUT2D eigenvalue weighted by Crippen LogP contribution is 2.31. The summed E-state index contributed by atoms with van der Waals surface area (Å²) in [6, 6.07) is 12.5. The number of benzene rings is 1. The number of aromatic nitrogens is 2. The maximum atomic E-state index is 13.5. The van der Waals surface area contributed by atoms with Crippen LogP contribution < -0.4 is 10.1 Å². The fraction of sp³-hybridized carbons (Fsp3) is 0.400. The Kier molecular flexibility index (Phi) is 10.7. The van der Waals surface area contributed by atoms with Crippen molar-refractivity contribution in [2.45, 2.75) is 58.3 Å². The summed E-state index contributed by atoms with van der Waals surface area (Å²) in [6.07, 6.45) is 23.1. The molecular weight excluding hydrogens is 508 g/mol. The molecule has 6 heteroatoms. The molecule has 0 amide bonds. The van der Waals surface area contributed by atoms with Gasteiger partial charge < -0.3 is 10.1 Å². The molecule has 0 fully saturated rings. The van der Waals surface area contributed by atoms with Gasteiger partial charge in [0.05, 0.1) is 29.8 Å². The van der Waals surface area contributed by atoms with Gasteiger partial charge in [0.25, 0.3) is 0 Å². The molecule has 1 unspecified atom stereocenters. The van der Waals surface area contributed by atoms with Crippen molar-refractivity contribution in [3.05, 3.63) is 108 Å². The van der Waals surface area contributed by atoms with Gasteiger partial charge in [0.15, 0.2) is 5.75 Å². The summed E-state index contributed by atoms with van der Waals surface area (Å²) in [5.41, 5.74) is 3.14. The highest BCUT2D eigenvalue weighted by Gasteiger charge is 2.24. The number of nitriles is 1. The monoisotopic (exact) mass is 550 g/mol. The fourth-order valence-corrected chi connectivity index (χ4v) is 5.17. The smallest absolute Gasteiger partial charge is 0.165 e. The van der Waals surface area contributed by atoms with E-state index in [9.17, 15) is 10.1 Å². The summed E-state index contributed by atoms with van der Waals surface area (Å²) in [7, 11) is 1.87. The molecule has 1 N–H and O–H groups in total. The number of Topliss-reactive ketones (excluding diaryl/α,β-unsaturated/α-hetero) is 1. The van der Waals surface area contributed by atoms with E-state index in [1.807, 2.05) is 50.5 Å². The summed E-state index contributed by atoms with van der Waals surface area (Å²) in [5.74, 6) is 1.95. The second-order valence-electron chi connectivity index (χ2n) is 11.4. The molecule has 0 bridgehead atoms. The zero-order valence-corrected chi connectivity index (χ0v) is 24.6. The van der Waals surface area contributed by atoms with Crippen LogP contribution in [-0.4, -0.2) is 28.7 Å². The summed E-state index contributed by atoms with van der Waals surface area (Å²) >= 11 is 0. The van der Waals surface area contributed by atoms with Crippen LogP contribution in [0.3, 0.4) is 0 Å². The van der Waals surface area contributed by atoms with E-state index in [4.69, 9.17) is 4.74 Å². The third kappa shape index (κ3) is 9.03. The molecule has 1 heterocycles. The first kappa shape index (κ1) is 30.0. The molecule has 2 aliphatic rings. The van der Waals surface area contributed by atoms with Gasteiger partial charge in [-0.25, -0.2) is 0 Å². The normalized spacial score (nSPS) is 23.4. The highest BCUT2D eigenvalue weighted by molar-refractivity contribution is 5.86. The number of carbonyl (C=O) groups is 1. The minimum atomic E-state index is -0.407. The number of ketones is 1. The van der Waals surface area contributed by atoms with Crippen molar-refractivity contribution < 1.29 is 9.53 Å².